The molecule has 1 atom stereocenters. The molecule has 0 saturated carbocycles. The van der Waals surface area contributed by atoms with Crippen LogP contribution in [-0.4, -0.2) is 67.3 Å². The number of carbonyl (C=O) groups is 2. The lowest BCUT2D eigenvalue weighted by molar-refractivity contribution is -0.119. The topological polar surface area (TPSA) is 90.9 Å². The van der Waals surface area contributed by atoms with Crippen molar-refractivity contribution >= 4 is 29.2 Å². The number of halogens is 1. The molecule has 10 heteroatoms. The van der Waals surface area contributed by atoms with E-state index in [2.05, 4.69) is 20.2 Å². The van der Waals surface area contributed by atoms with E-state index in [4.69, 9.17) is 4.74 Å². The Hall–Kier alpha value is -3.43. The highest BCUT2D eigenvalue weighted by Gasteiger charge is 2.35. The second-order valence-electron chi connectivity index (χ2n) is 7.67. The van der Waals surface area contributed by atoms with Crippen molar-refractivity contribution in [2.45, 2.75) is 19.9 Å². The molecule has 1 aromatic carbocycles. The predicted octanol–water partition coefficient (Wildman–Crippen LogP) is 1.71. The van der Waals surface area contributed by atoms with Crippen LogP contribution in [0.15, 0.2) is 30.6 Å². The summed E-state index contributed by atoms with van der Waals surface area (Å²) in [6, 6.07) is 6.32. The Kier molecular flexibility index (Phi) is 5.88. The Labute approximate surface area is 179 Å². The third kappa shape index (κ3) is 4.52. The Balaban J connectivity index is 1.44. The van der Waals surface area contributed by atoms with Crippen molar-refractivity contribution in [1.82, 2.24) is 15.3 Å². The molecule has 164 valence electrons. The summed E-state index contributed by atoms with van der Waals surface area (Å²) in [5, 5.41) is 2.68. The summed E-state index contributed by atoms with van der Waals surface area (Å²) in [5.74, 6) is 0.277. The minimum absolute atomic E-state index is 0.146. The molecule has 2 aliphatic rings. The van der Waals surface area contributed by atoms with E-state index >= 15 is 4.39 Å². The average molecular weight is 428 g/mol. The zero-order valence-electron chi connectivity index (χ0n) is 17.5. The van der Waals surface area contributed by atoms with Crippen molar-refractivity contribution in [2.75, 3.05) is 54.0 Å². The summed E-state index contributed by atoms with van der Waals surface area (Å²) in [6.45, 7) is 6.45. The Bertz CT molecular complexity index is 979. The van der Waals surface area contributed by atoms with Gasteiger partial charge in [-0.15, -0.1) is 0 Å². The number of nitrogens with one attached hydrogen (secondary N) is 1. The van der Waals surface area contributed by atoms with Gasteiger partial charge in [-0.1, -0.05) is 0 Å². The molecule has 0 spiro atoms. The highest BCUT2D eigenvalue weighted by atomic mass is 19.1. The van der Waals surface area contributed by atoms with Gasteiger partial charge in [0.15, 0.2) is 0 Å². The molecule has 2 fully saturated rings. The van der Waals surface area contributed by atoms with Gasteiger partial charge in [0.1, 0.15) is 24.6 Å². The highest BCUT2D eigenvalue weighted by molar-refractivity contribution is 5.90. The van der Waals surface area contributed by atoms with Gasteiger partial charge in [-0.3, -0.25) is 9.69 Å². The molecular weight excluding hydrogens is 403 g/mol. The molecule has 0 bridgehead atoms. The quantitative estimate of drug-likeness (QED) is 0.775. The summed E-state index contributed by atoms with van der Waals surface area (Å²) in [6.07, 6.45) is 1.01. The first kappa shape index (κ1) is 20.8. The standard InChI is InChI=1S/C21H25FN6O3/c1-14-9-20(25-13-24-14)27-7-5-26(6-8-27)19-4-3-16(10-18(19)22)28-17(11-23-15(2)29)12-31-21(28)30/h3-4,9-10,13,17H,5-8,11-12H2,1-2H3,(H,23,29). The van der Waals surface area contributed by atoms with Crippen molar-refractivity contribution in [3.8, 4) is 0 Å². The minimum atomic E-state index is -0.545. The van der Waals surface area contributed by atoms with Crippen molar-refractivity contribution in [1.29, 1.82) is 0 Å². The van der Waals surface area contributed by atoms with Crippen molar-refractivity contribution in [2.24, 2.45) is 0 Å². The van der Waals surface area contributed by atoms with Crippen LogP contribution in [0.3, 0.4) is 0 Å². The van der Waals surface area contributed by atoms with Gasteiger partial charge in [0, 0.05) is 51.4 Å². The fourth-order valence-corrected chi connectivity index (χ4v) is 3.88. The van der Waals surface area contributed by atoms with E-state index in [1.807, 2.05) is 17.9 Å². The molecule has 0 aliphatic carbocycles. The first-order valence-electron chi connectivity index (χ1n) is 10.2. The maximum atomic E-state index is 15.0. The monoisotopic (exact) mass is 428 g/mol. The summed E-state index contributed by atoms with van der Waals surface area (Å²) >= 11 is 0. The number of hydrogen-bond donors (Lipinski definition) is 1. The largest absolute Gasteiger partial charge is 0.447 e. The summed E-state index contributed by atoms with van der Waals surface area (Å²) < 4.78 is 20.1. The number of ether oxygens (including phenoxy) is 1. The van der Waals surface area contributed by atoms with Gasteiger partial charge < -0.3 is 19.9 Å². The van der Waals surface area contributed by atoms with Crippen LogP contribution in [0, 0.1) is 12.7 Å². The van der Waals surface area contributed by atoms with Crippen LogP contribution in [-0.2, 0) is 9.53 Å². The number of cyclic esters (lactones) is 1. The van der Waals surface area contributed by atoms with Crippen molar-refractivity contribution in [3.05, 3.63) is 42.1 Å². The van der Waals surface area contributed by atoms with Crippen LogP contribution < -0.4 is 20.0 Å². The molecule has 1 N–H and O–H groups in total. The molecule has 1 unspecified atom stereocenters. The highest BCUT2D eigenvalue weighted by Crippen LogP contribution is 2.29. The van der Waals surface area contributed by atoms with Gasteiger partial charge in [0.25, 0.3) is 0 Å². The first-order chi connectivity index (χ1) is 14.9. The van der Waals surface area contributed by atoms with Crippen LogP contribution in [0.4, 0.5) is 26.4 Å². The van der Waals surface area contributed by atoms with Crippen LogP contribution in [0.5, 0.6) is 0 Å². The van der Waals surface area contributed by atoms with E-state index in [1.165, 1.54) is 17.9 Å². The number of hydrogen-bond acceptors (Lipinski definition) is 7. The molecule has 31 heavy (non-hydrogen) atoms. The van der Waals surface area contributed by atoms with Gasteiger partial charge in [-0.25, -0.2) is 19.2 Å². The van der Waals surface area contributed by atoms with Crippen molar-refractivity contribution < 1.29 is 18.7 Å². The number of carbonyl (C=O) groups excluding carboxylic acids is 2. The summed E-state index contributed by atoms with van der Waals surface area (Å²) in [4.78, 5) is 37.3. The number of nitrogens with zero attached hydrogens (tertiary/aromatic N) is 5. The van der Waals surface area contributed by atoms with Crippen LogP contribution in [0.1, 0.15) is 12.6 Å². The number of aromatic nitrogens is 2. The third-order valence-corrected chi connectivity index (χ3v) is 5.49. The summed E-state index contributed by atoms with van der Waals surface area (Å²) in [7, 11) is 0. The molecule has 2 saturated heterocycles. The van der Waals surface area contributed by atoms with E-state index in [-0.39, 0.29) is 25.1 Å². The number of anilines is 3. The number of benzene rings is 1. The number of aryl methyl sites for hydroxylation is 1. The Morgan fingerprint density at radius 2 is 1.94 bits per heavy atom. The zero-order chi connectivity index (χ0) is 22.0. The van der Waals surface area contributed by atoms with Gasteiger partial charge in [-0.2, -0.15) is 0 Å². The molecule has 2 amide bonds. The van der Waals surface area contributed by atoms with Gasteiger partial charge in [-0.05, 0) is 25.1 Å². The first-order valence-corrected chi connectivity index (χ1v) is 10.2. The lowest BCUT2D eigenvalue weighted by Crippen LogP contribution is -2.47. The summed E-state index contributed by atoms with van der Waals surface area (Å²) in [5.41, 5.74) is 1.81. The Morgan fingerprint density at radius 3 is 2.61 bits per heavy atom. The fourth-order valence-electron chi connectivity index (χ4n) is 3.88. The normalized spacial score (nSPS) is 18.9. The number of piperazine rings is 1. The van der Waals surface area contributed by atoms with Gasteiger partial charge >= 0.3 is 6.09 Å². The average Bonchev–Trinajstić information content (AvgIpc) is 3.12. The number of amides is 2. The smallest absolute Gasteiger partial charge is 0.414 e. The van der Waals surface area contributed by atoms with E-state index in [0.717, 1.165) is 24.6 Å². The minimum Gasteiger partial charge on any atom is -0.447 e. The molecule has 1 aromatic heterocycles. The molecular formula is C21H25FN6O3. The number of rotatable bonds is 5. The third-order valence-electron chi connectivity index (χ3n) is 5.49. The van der Waals surface area contributed by atoms with E-state index < -0.39 is 11.9 Å². The lowest BCUT2D eigenvalue weighted by atomic mass is 10.2. The van der Waals surface area contributed by atoms with Crippen LogP contribution >= 0.6 is 0 Å². The SMILES string of the molecule is CC(=O)NCC1COC(=O)N1c1ccc(N2CCN(c3cc(C)ncn3)CC2)c(F)c1. The van der Waals surface area contributed by atoms with Gasteiger partial charge in [0.2, 0.25) is 5.91 Å². The van der Waals surface area contributed by atoms with E-state index in [1.54, 1.807) is 18.5 Å². The van der Waals surface area contributed by atoms with Crippen molar-refractivity contribution in [3.63, 3.8) is 0 Å². The maximum Gasteiger partial charge on any atom is 0.414 e. The molecule has 0 radical (unpaired) electrons. The van der Waals surface area contributed by atoms with Crippen LogP contribution in [0.25, 0.3) is 0 Å². The van der Waals surface area contributed by atoms with E-state index in [0.29, 0.717) is 24.5 Å². The van der Waals surface area contributed by atoms with Gasteiger partial charge in [0.05, 0.1) is 17.4 Å². The molecule has 9 nitrogen and oxygen atoms in total. The second-order valence-corrected chi connectivity index (χ2v) is 7.67. The molecule has 3 heterocycles. The molecule has 2 aromatic rings. The predicted molar refractivity (Wildman–Crippen MR) is 114 cm³/mol. The maximum absolute atomic E-state index is 15.0. The molecule has 2 aliphatic heterocycles. The fraction of sp³-hybridized carbons (Fsp3) is 0.429. The molecule has 4 rings (SSSR count). The Morgan fingerprint density at radius 1 is 1.19 bits per heavy atom. The van der Waals surface area contributed by atoms with E-state index in [9.17, 15) is 9.59 Å². The van der Waals surface area contributed by atoms with Crippen LogP contribution in [0.2, 0.25) is 0 Å². The zero-order valence-corrected chi connectivity index (χ0v) is 17.5. The second kappa shape index (κ2) is 8.75. The lowest BCUT2D eigenvalue weighted by Gasteiger charge is -2.37.